The molecule has 0 unspecified atom stereocenters. The Morgan fingerprint density at radius 1 is 1.15 bits per heavy atom. The van der Waals surface area contributed by atoms with Gasteiger partial charge in [-0.1, -0.05) is 12.1 Å². The van der Waals surface area contributed by atoms with Crippen molar-refractivity contribution in [3.05, 3.63) is 83.8 Å². The number of amides is 1. The van der Waals surface area contributed by atoms with Crippen LogP contribution in [-0.2, 0) is 6.54 Å². The fourth-order valence-electron chi connectivity index (χ4n) is 2.91. The topological polar surface area (TPSA) is 72.7 Å². The molecule has 27 heavy (non-hydrogen) atoms. The molecule has 0 aliphatic heterocycles. The second kappa shape index (κ2) is 6.95. The number of pyridine rings is 1. The Bertz CT molecular complexity index is 1100. The van der Waals surface area contributed by atoms with E-state index in [9.17, 15) is 9.18 Å². The largest absolute Gasteiger partial charge is 0.348 e. The zero-order valence-corrected chi connectivity index (χ0v) is 14.6. The van der Waals surface area contributed by atoms with E-state index in [1.54, 1.807) is 30.1 Å². The standard InChI is InChI=1S/C20H16FN5O/c1-13-8-18(17-7-4-15(21)9-19(17)25-13)20(27)23-10-14-2-5-16(6-3-14)26-12-22-11-24-26/h2-9,11-12H,10H2,1H3,(H,23,27). The first-order chi connectivity index (χ1) is 13.1. The molecule has 2 aromatic heterocycles. The molecule has 1 N–H and O–H groups in total. The lowest BCUT2D eigenvalue weighted by Crippen LogP contribution is -2.23. The maximum absolute atomic E-state index is 13.5. The quantitative estimate of drug-likeness (QED) is 0.606. The van der Waals surface area contributed by atoms with Gasteiger partial charge in [0.15, 0.2) is 0 Å². The van der Waals surface area contributed by atoms with Gasteiger partial charge in [-0.3, -0.25) is 9.78 Å². The number of aryl methyl sites for hydroxylation is 1. The predicted molar refractivity (Wildman–Crippen MR) is 99.0 cm³/mol. The van der Waals surface area contributed by atoms with E-state index in [0.29, 0.717) is 28.7 Å². The molecule has 7 heteroatoms. The Morgan fingerprint density at radius 2 is 1.96 bits per heavy atom. The molecule has 4 rings (SSSR count). The fourth-order valence-corrected chi connectivity index (χ4v) is 2.91. The number of nitrogens with zero attached hydrogens (tertiary/aromatic N) is 4. The van der Waals surface area contributed by atoms with E-state index in [1.807, 2.05) is 24.3 Å². The van der Waals surface area contributed by atoms with Crippen LogP contribution in [0.25, 0.3) is 16.6 Å². The third-order valence-electron chi connectivity index (χ3n) is 4.22. The van der Waals surface area contributed by atoms with Crippen molar-refractivity contribution in [3.63, 3.8) is 0 Å². The number of benzene rings is 2. The number of hydrogen-bond donors (Lipinski definition) is 1. The molecule has 134 valence electrons. The van der Waals surface area contributed by atoms with Crippen LogP contribution in [0.5, 0.6) is 0 Å². The maximum Gasteiger partial charge on any atom is 0.252 e. The Balaban J connectivity index is 1.52. The first-order valence-corrected chi connectivity index (χ1v) is 8.39. The lowest BCUT2D eigenvalue weighted by atomic mass is 10.1. The molecule has 0 spiro atoms. The second-order valence-corrected chi connectivity index (χ2v) is 6.16. The first kappa shape index (κ1) is 16.8. The molecule has 0 aliphatic rings. The molecule has 0 radical (unpaired) electrons. The van der Waals surface area contributed by atoms with Crippen LogP contribution in [0.4, 0.5) is 4.39 Å². The van der Waals surface area contributed by atoms with Crippen molar-refractivity contribution >= 4 is 16.8 Å². The van der Waals surface area contributed by atoms with Crippen LogP contribution in [0.2, 0.25) is 0 Å². The smallest absolute Gasteiger partial charge is 0.252 e. The number of rotatable bonds is 4. The van der Waals surface area contributed by atoms with E-state index in [-0.39, 0.29) is 11.7 Å². The summed E-state index contributed by atoms with van der Waals surface area (Å²) in [7, 11) is 0. The van der Waals surface area contributed by atoms with Crippen molar-refractivity contribution < 1.29 is 9.18 Å². The highest BCUT2D eigenvalue weighted by Crippen LogP contribution is 2.20. The van der Waals surface area contributed by atoms with E-state index in [0.717, 1.165) is 11.3 Å². The SMILES string of the molecule is Cc1cc(C(=O)NCc2ccc(-n3cncn3)cc2)c2ccc(F)cc2n1. The van der Waals surface area contributed by atoms with Crippen LogP contribution in [0.3, 0.4) is 0 Å². The third kappa shape index (κ3) is 3.52. The maximum atomic E-state index is 13.5. The molecule has 6 nitrogen and oxygen atoms in total. The Kier molecular flexibility index (Phi) is 4.33. The van der Waals surface area contributed by atoms with Crippen LogP contribution < -0.4 is 5.32 Å². The molecule has 0 fully saturated rings. The number of aromatic nitrogens is 4. The third-order valence-corrected chi connectivity index (χ3v) is 4.22. The summed E-state index contributed by atoms with van der Waals surface area (Å²) in [6.45, 7) is 2.16. The molecular weight excluding hydrogens is 345 g/mol. The summed E-state index contributed by atoms with van der Waals surface area (Å²) in [5.74, 6) is -0.600. The molecule has 0 bridgehead atoms. The Hall–Kier alpha value is -3.61. The summed E-state index contributed by atoms with van der Waals surface area (Å²) >= 11 is 0. The van der Waals surface area contributed by atoms with Gasteiger partial charge in [-0.2, -0.15) is 5.10 Å². The van der Waals surface area contributed by atoms with E-state index in [4.69, 9.17) is 0 Å². The van der Waals surface area contributed by atoms with Crippen LogP contribution in [-0.4, -0.2) is 25.7 Å². The lowest BCUT2D eigenvalue weighted by molar-refractivity contribution is 0.0952. The molecule has 2 aromatic carbocycles. The Labute approximate surface area is 154 Å². The van der Waals surface area contributed by atoms with Crippen molar-refractivity contribution in [2.24, 2.45) is 0 Å². The molecule has 1 amide bonds. The molecule has 0 atom stereocenters. The minimum atomic E-state index is -0.376. The van der Waals surface area contributed by atoms with Crippen LogP contribution >= 0.6 is 0 Å². The monoisotopic (exact) mass is 361 g/mol. The van der Waals surface area contributed by atoms with Gasteiger partial charge in [0, 0.05) is 23.7 Å². The normalized spacial score (nSPS) is 10.9. The molecule has 0 saturated carbocycles. The number of halogens is 1. The average Bonchev–Trinajstić information content (AvgIpc) is 3.20. The molecule has 0 aliphatic carbocycles. The van der Waals surface area contributed by atoms with Gasteiger partial charge >= 0.3 is 0 Å². The number of fused-ring (bicyclic) bond motifs is 1. The number of carbonyl (C=O) groups is 1. The summed E-state index contributed by atoms with van der Waals surface area (Å²) in [5, 5.41) is 7.61. The van der Waals surface area contributed by atoms with Crippen LogP contribution in [0.15, 0.2) is 61.2 Å². The van der Waals surface area contributed by atoms with E-state index in [1.165, 1.54) is 18.5 Å². The van der Waals surface area contributed by atoms with E-state index < -0.39 is 0 Å². The zero-order chi connectivity index (χ0) is 18.8. The van der Waals surface area contributed by atoms with Gasteiger partial charge in [0.25, 0.3) is 5.91 Å². The van der Waals surface area contributed by atoms with Crippen molar-refractivity contribution in [3.8, 4) is 5.69 Å². The minimum Gasteiger partial charge on any atom is -0.348 e. The highest BCUT2D eigenvalue weighted by Gasteiger charge is 2.12. The first-order valence-electron chi connectivity index (χ1n) is 8.39. The fraction of sp³-hybridized carbons (Fsp3) is 0.100. The molecule has 2 heterocycles. The summed E-state index contributed by atoms with van der Waals surface area (Å²) < 4.78 is 15.1. The van der Waals surface area contributed by atoms with Gasteiger partial charge in [0.05, 0.1) is 16.8 Å². The number of nitrogens with one attached hydrogen (secondary N) is 1. The molecular formula is C20H16FN5O. The molecule has 0 saturated heterocycles. The van der Waals surface area contributed by atoms with E-state index in [2.05, 4.69) is 20.4 Å². The van der Waals surface area contributed by atoms with Gasteiger partial charge < -0.3 is 5.32 Å². The summed E-state index contributed by atoms with van der Waals surface area (Å²) in [4.78, 5) is 20.9. The number of carbonyl (C=O) groups excluding carboxylic acids is 1. The summed E-state index contributed by atoms with van der Waals surface area (Å²) in [6.07, 6.45) is 3.09. The predicted octanol–water partition coefficient (Wildman–Crippen LogP) is 3.19. The van der Waals surface area contributed by atoms with Crippen LogP contribution in [0.1, 0.15) is 21.6 Å². The van der Waals surface area contributed by atoms with Crippen molar-refractivity contribution in [1.82, 2.24) is 25.1 Å². The van der Waals surface area contributed by atoms with E-state index >= 15 is 0 Å². The van der Waals surface area contributed by atoms with Crippen molar-refractivity contribution in [2.75, 3.05) is 0 Å². The van der Waals surface area contributed by atoms with Crippen molar-refractivity contribution in [2.45, 2.75) is 13.5 Å². The van der Waals surface area contributed by atoms with Gasteiger partial charge in [0.1, 0.15) is 18.5 Å². The van der Waals surface area contributed by atoms with Gasteiger partial charge in [0.2, 0.25) is 0 Å². The van der Waals surface area contributed by atoms with Crippen LogP contribution in [0, 0.1) is 12.7 Å². The van der Waals surface area contributed by atoms with Crippen molar-refractivity contribution in [1.29, 1.82) is 0 Å². The van der Waals surface area contributed by atoms with Gasteiger partial charge in [-0.05, 0) is 42.8 Å². The average molecular weight is 361 g/mol. The highest BCUT2D eigenvalue weighted by atomic mass is 19.1. The highest BCUT2D eigenvalue weighted by molar-refractivity contribution is 6.06. The Morgan fingerprint density at radius 3 is 2.70 bits per heavy atom. The van der Waals surface area contributed by atoms with Gasteiger partial charge in [-0.25, -0.2) is 14.1 Å². The number of hydrogen-bond acceptors (Lipinski definition) is 4. The second-order valence-electron chi connectivity index (χ2n) is 6.16. The zero-order valence-electron chi connectivity index (χ0n) is 14.6. The summed E-state index contributed by atoms with van der Waals surface area (Å²) in [5.41, 5.74) is 3.46. The lowest BCUT2D eigenvalue weighted by Gasteiger charge is -2.10. The minimum absolute atomic E-state index is 0.225. The summed E-state index contributed by atoms with van der Waals surface area (Å²) in [6, 6.07) is 13.6. The van der Waals surface area contributed by atoms with Gasteiger partial charge in [-0.15, -0.1) is 0 Å². The molecule has 4 aromatic rings.